The average Bonchev–Trinajstić information content (AvgIpc) is 2.65. The third kappa shape index (κ3) is 2.44. The molecule has 1 N–H and O–H groups in total. The Morgan fingerprint density at radius 1 is 1.12 bits per heavy atom. The van der Waals surface area contributed by atoms with Gasteiger partial charge in [-0.1, -0.05) is 31.0 Å². The summed E-state index contributed by atoms with van der Waals surface area (Å²) in [7, 11) is -3.35. The topological polar surface area (TPSA) is 46.2 Å². The van der Waals surface area contributed by atoms with Crippen molar-refractivity contribution in [2.75, 3.05) is 0 Å². The Morgan fingerprint density at radius 2 is 1.69 bits per heavy atom. The van der Waals surface area contributed by atoms with E-state index in [2.05, 4.69) is 4.72 Å². The van der Waals surface area contributed by atoms with Crippen LogP contribution in [-0.2, 0) is 10.0 Å². The predicted octanol–water partition coefficient (Wildman–Crippen LogP) is 2.30. The van der Waals surface area contributed by atoms with Crippen LogP contribution in [0, 0.1) is 0 Å². The first kappa shape index (κ1) is 11.6. The summed E-state index contributed by atoms with van der Waals surface area (Å²) in [4.78, 5) is 0.350. The lowest BCUT2D eigenvalue weighted by atomic mass is 10.0. The lowest BCUT2D eigenvalue weighted by Crippen LogP contribution is -2.43. The lowest BCUT2D eigenvalue weighted by molar-refractivity contribution is 0.427. The van der Waals surface area contributed by atoms with Crippen LogP contribution in [0.15, 0.2) is 35.2 Å². The number of hydrogen-bond acceptors (Lipinski definition) is 2. The van der Waals surface area contributed by atoms with Gasteiger partial charge in [0.25, 0.3) is 0 Å². The van der Waals surface area contributed by atoms with Crippen molar-refractivity contribution in [2.45, 2.75) is 43.0 Å². The molecule has 88 valence electrons. The quantitative estimate of drug-likeness (QED) is 0.879. The zero-order valence-corrected chi connectivity index (χ0v) is 10.3. The molecule has 0 bridgehead atoms. The molecule has 1 aromatic rings. The molecule has 4 heteroatoms. The second-order valence-corrected chi connectivity index (χ2v) is 6.37. The van der Waals surface area contributed by atoms with Gasteiger partial charge in [0.1, 0.15) is 0 Å². The van der Waals surface area contributed by atoms with Crippen molar-refractivity contribution in [2.24, 2.45) is 0 Å². The number of benzene rings is 1. The molecule has 0 radical (unpaired) electrons. The van der Waals surface area contributed by atoms with Gasteiger partial charge in [0.2, 0.25) is 10.0 Å². The Bertz CT molecular complexity index is 447. The van der Waals surface area contributed by atoms with Crippen LogP contribution in [0.5, 0.6) is 0 Å². The van der Waals surface area contributed by atoms with E-state index in [0.717, 1.165) is 25.7 Å². The largest absolute Gasteiger partial charge is 0.241 e. The zero-order valence-electron chi connectivity index (χ0n) is 9.44. The number of rotatable bonds is 3. The minimum atomic E-state index is -3.35. The van der Waals surface area contributed by atoms with Crippen LogP contribution >= 0.6 is 0 Å². The van der Waals surface area contributed by atoms with Crippen LogP contribution in [0.25, 0.3) is 0 Å². The Labute approximate surface area is 96.9 Å². The molecule has 0 amide bonds. The first-order valence-corrected chi connectivity index (χ1v) is 7.09. The Morgan fingerprint density at radius 3 is 2.25 bits per heavy atom. The summed E-state index contributed by atoms with van der Waals surface area (Å²) >= 11 is 0. The SMILES string of the molecule is CC1(NS(=O)(=O)c2ccccc2)CCCC1. The summed E-state index contributed by atoms with van der Waals surface area (Å²) in [6.45, 7) is 1.99. The van der Waals surface area contributed by atoms with E-state index in [1.807, 2.05) is 13.0 Å². The summed E-state index contributed by atoms with van der Waals surface area (Å²) < 4.78 is 27.0. The Kier molecular flexibility index (Phi) is 3.04. The van der Waals surface area contributed by atoms with Crippen molar-refractivity contribution in [3.63, 3.8) is 0 Å². The van der Waals surface area contributed by atoms with Gasteiger partial charge >= 0.3 is 0 Å². The molecule has 0 heterocycles. The monoisotopic (exact) mass is 239 g/mol. The van der Waals surface area contributed by atoms with Crippen LogP contribution in [0.2, 0.25) is 0 Å². The van der Waals surface area contributed by atoms with Crippen molar-refractivity contribution >= 4 is 10.0 Å². The van der Waals surface area contributed by atoms with E-state index in [1.54, 1.807) is 24.3 Å². The summed E-state index contributed by atoms with van der Waals surface area (Å²) in [5.74, 6) is 0. The zero-order chi connectivity index (χ0) is 11.6. The molecule has 0 spiro atoms. The first-order valence-electron chi connectivity index (χ1n) is 5.61. The van der Waals surface area contributed by atoms with Gasteiger partial charge in [-0.3, -0.25) is 0 Å². The summed E-state index contributed by atoms with van der Waals surface area (Å²) in [6.07, 6.45) is 4.07. The maximum Gasteiger partial charge on any atom is 0.241 e. The fourth-order valence-electron chi connectivity index (χ4n) is 2.24. The van der Waals surface area contributed by atoms with E-state index < -0.39 is 10.0 Å². The maximum absolute atomic E-state index is 12.1. The molecule has 0 atom stereocenters. The highest BCUT2D eigenvalue weighted by Gasteiger charge is 2.33. The van der Waals surface area contributed by atoms with Crippen LogP contribution in [-0.4, -0.2) is 14.0 Å². The van der Waals surface area contributed by atoms with Gasteiger partial charge in [0.15, 0.2) is 0 Å². The van der Waals surface area contributed by atoms with Crippen molar-refractivity contribution in [3.8, 4) is 0 Å². The maximum atomic E-state index is 12.1. The third-order valence-electron chi connectivity index (χ3n) is 3.14. The smallest absolute Gasteiger partial charge is 0.207 e. The molecular weight excluding hydrogens is 222 g/mol. The highest BCUT2D eigenvalue weighted by Crippen LogP contribution is 2.30. The van der Waals surface area contributed by atoms with E-state index in [0.29, 0.717) is 4.90 Å². The minimum absolute atomic E-state index is 0.255. The number of sulfonamides is 1. The fraction of sp³-hybridized carbons (Fsp3) is 0.500. The summed E-state index contributed by atoms with van der Waals surface area (Å²) in [6, 6.07) is 8.55. The third-order valence-corrected chi connectivity index (χ3v) is 4.80. The highest BCUT2D eigenvalue weighted by molar-refractivity contribution is 7.89. The van der Waals surface area contributed by atoms with Crippen LogP contribution < -0.4 is 4.72 Å². The van der Waals surface area contributed by atoms with Gasteiger partial charge in [-0.15, -0.1) is 0 Å². The first-order chi connectivity index (χ1) is 7.52. The van der Waals surface area contributed by atoms with Gasteiger partial charge in [-0.25, -0.2) is 13.1 Å². The molecule has 1 aliphatic carbocycles. The Hall–Kier alpha value is -0.870. The lowest BCUT2D eigenvalue weighted by Gasteiger charge is -2.24. The average molecular weight is 239 g/mol. The van der Waals surface area contributed by atoms with Crippen molar-refractivity contribution in [1.29, 1.82) is 0 Å². The van der Waals surface area contributed by atoms with Gasteiger partial charge in [0, 0.05) is 5.54 Å². The van der Waals surface area contributed by atoms with Crippen molar-refractivity contribution in [1.82, 2.24) is 4.72 Å². The van der Waals surface area contributed by atoms with E-state index in [1.165, 1.54) is 0 Å². The molecule has 16 heavy (non-hydrogen) atoms. The minimum Gasteiger partial charge on any atom is -0.207 e. The van der Waals surface area contributed by atoms with Crippen LogP contribution in [0.3, 0.4) is 0 Å². The van der Waals surface area contributed by atoms with Crippen molar-refractivity contribution in [3.05, 3.63) is 30.3 Å². The summed E-state index contributed by atoms with van der Waals surface area (Å²) in [5, 5.41) is 0. The van der Waals surface area contributed by atoms with Gasteiger partial charge in [0.05, 0.1) is 4.90 Å². The van der Waals surface area contributed by atoms with E-state index in [-0.39, 0.29) is 5.54 Å². The van der Waals surface area contributed by atoms with Crippen LogP contribution in [0.4, 0.5) is 0 Å². The molecule has 0 aliphatic heterocycles. The molecule has 0 unspecified atom stereocenters. The molecule has 0 aromatic heterocycles. The van der Waals surface area contributed by atoms with E-state index >= 15 is 0 Å². The number of hydrogen-bond donors (Lipinski definition) is 1. The molecule has 1 fully saturated rings. The van der Waals surface area contributed by atoms with Gasteiger partial charge in [-0.2, -0.15) is 0 Å². The fourth-order valence-corrected chi connectivity index (χ4v) is 3.73. The molecule has 1 saturated carbocycles. The van der Waals surface area contributed by atoms with Gasteiger partial charge in [-0.05, 0) is 31.9 Å². The molecule has 2 rings (SSSR count). The normalized spacial score (nSPS) is 19.8. The second kappa shape index (κ2) is 4.18. The molecule has 1 aliphatic rings. The van der Waals surface area contributed by atoms with E-state index in [4.69, 9.17) is 0 Å². The Balaban J connectivity index is 2.21. The second-order valence-electron chi connectivity index (χ2n) is 4.69. The summed E-state index contributed by atoms with van der Waals surface area (Å²) in [5.41, 5.74) is -0.255. The molecular formula is C12H17NO2S. The van der Waals surface area contributed by atoms with Crippen LogP contribution in [0.1, 0.15) is 32.6 Å². The van der Waals surface area contributed by atoms with E-state index in [9.17, 15) is 8.42 Å². The van der Waals surface area contributed by atoms with Crippen molar-refractivity contribution < 1.29 is 8.42 Å². The molecule has 0 saturated heterocycles. The van der Waals surface area contributed by atoms with Gasteiger partial charge < -0.3 is 0 Å². The predicted molar refractivity (Wildman–Crippen MR) is 63.6 cm³/mol. The molecule has 1 aromatic carbocycles. The standard InChI is InChI=1S/C12H17NO2S/c1-12(9-5-6-10-12)13-16(14,15)11-7-3-2-4-8-11/h2-4,7-8,13H,5-6,9-10H2,1H3. The highest BCUT2D eigenvalue weighted by atomic mass is 32.2. The molecule has 3 nitrogen and oxygen atoms in total. The number of nitrogens with one attached hydrogen (secondary N) is 1.